The molecule has 2 aromatic carbocycles. The molecule has 5 atom stereocenters. The number of aliphatic hydroxyl groups is 1. The van der Waals surface area contributed by atoms with Crippen LogP contribution in [0.3, 0.4) is 0 Å². The first-order valence-corrected chi connectivity index (χ1v) is 11.2. The molecule has 2 aromatic rings. The number of aliphatic hydroxyl groups excluding tert-OH is 1. The Morgan fingerprint density at radius 2 is 1.59 bits per heavy atom. The SMILES string of the molecule is COc1ccc(COC2O[C@H](CO)[C@@H]3OC(C)(C)O[C@@H]3[C@H]2N2C(=O)c3ccccc3C2=O)cc1. The van der Waals surface area contributed by atoms with Gasteiger partial charge in [-0.25, -0.2) is 0 Å². The summed E-state index contributed by atoms with van der Waals surface area (Å²) in [4.78, 5) is 27.8. The van der Waals surface area contributed by atoms with Gasteiger partial charge in [-0.1, -0.05) is 24.3 Å². The maximum Gasteiger partial charge on any atom is 0.262 e. The fourth-order valence-electron chi connectivity index (χ4n) is 4.79. The van der Waals surface area contributed by atoms with Gasteiger partial charge in [-0.15, -0.1) is 0 Å². The molecule has 2 fully saturated rings. The predicted octanol–water partition coefficient (Wildman–Crippen LogP) is 2.11. The molecule has 9 nitrogen and oxygen atoms in total. The lowest BCUT2D eigenvalue weighted by atomic mass is 9.95. The Labute approximate surface area is 197 Å². The first-order valence-electron chi connectivity index (χ1n) is 11.2. The van der Waals surface area contributed by atoms with Crippen molar-refractivity contribution >= 4 is 11.8 Å². The number of fused-ring (bicyclic) bond motifs is 2. The fraction of sp³-hybridized carbons (Fsp3) is 0.440. The molecule has 3 heterocycles. The van der Waals surface area contributed by atoms with Crippen LogP contribution in [0.5, 0.6) is 5.75 Å². The van der Waals surface area contributed by atoms with Crippen LogP contribution in [0.4, 0.5) is 0 Å². The van der Waals surface area contributed by atoms with E-state index in [0.717, 1.165) is 10.5 Å². The number of hydrogen-bond donors (Lipinski definition) is 1. The van der Waals surface area contributed by atoms with Crippen LogP contribution in [0.15, 0.2) is 48.5 Å². The molecule has 0 bridgehead atoms. The quantitative estimate of drug-likeness (QED) is 0.642. The highest BCUT2D eigenvalue weighted by Gasteiger charge is 2.60. The molecule has 3 aliphatic rings. The molecular weight excluding hydrogens is 442 g/mol. The van der Waals surface area contributed by atoms with Gasteiger partial charge in [-0.3, -0.25) is 14.5 Å². The highest BCUT2D eigenvalue weighted by molar-refractivity contribution is 6.21. The third-order valence-electron chi connectivity index (χ3n) is 6.33. The molecule has 1 N–H and O–H groups in total. The maximum absolute atomic E-state index is 13.3. The number of carbonyl (C=O) groups is 2. The summed E-state index contributed by atoms with van der Waals surface area (Å²) in [5.74, 6) is -1.17. The van der Waals surface area contributed by atoms with Gasteiger partial charge in [0.15, 0.2) is 12.1 Å². The van der Waals surface area contributed by atoms with Crippen LogP contribution in [-0.2, 0) is 25.6 Å². The molecule has 1 unspecified atom stereocenters. The molecule has 0 aliphatic carbocycles. The number of rotatable bonds is 6. The number of nitrogens with zero attached hydrogens (tertiary/aromatic N) is 1. The molecule has 9 heteroatoms. The van der Waals surface area contributed by atoms with E-state index in [1.54, 1.807) is 45.2 Å². The van der Waals surface area contributed by atoms with Gasteiger partial charge in [-0.05, 0) is 43.7 Å². The van der Waals surface area contributed by atoms with Gasteiger partial charge in [0.2, 0.25) is 0 Å². The third kappa shape index (κ3) is 3.89. The second kappa shape index (κ2) is 8.75. The zero-order valence-electron chi connectivity index (χ0n) is 19.2. The van der Waals surface area contributed by atoms with Crippen LogP contribution < -0.4 is 4.74 Å². The van der Waals surface area contributed by atoms with Crippen molar-refractivity contribution in [2.45, 2.75) is 56.9 Å². The van der Waals surface area contributed by atoms with Gasteiger partial charge in [0.05, 0.1) is 31.5 Å². The number of amides is 2. The normalized spacial score (nSPS) is 29.8. The summed E-state index contributed by atoms with van der Waals surface area (Å²) in [7, 11) is 1.59. The summed E-state index contributed by atoms with van der Waals surface area (Å²) in [5.41, 5.74) is 1.48. The molecule has 0 spiro atoms. The Morgan fingerprint density at radius 1 is 0.971 bits per heavy atom. The van der Waals surface area contributed by atoms with Gasteiger partial charge in [0, 0.05) is 0 Å². The summed E-state index contributed by atoms with van der Waals surface area (Å²) in [6.45, 7) is 3.30. The van der Waals surface area contributed by atoms with E-state index in [-0.39, 0.29) is 13.2 Å². The number of imide groups is 1. The van der Waals surface area contributed by atoms with Crippen molar-refractivity contribution in [1.29, 1.82) is 0 Å². The Hall–Kier alpha value is -2.82. The summed E-state index contributed by atoms with van der Waals surface area (Å²) in [6.07, 6.45) is -3.22. The first-order chi connectivity index (χ1) is 16.3. The van der Waals surface area contributed by atoms with Crippen molar-refractivity contribution in [2.24, 2.45) is 0 Å². The lowest BCUT2D eigenvalue weighted by Gasteiger charge is -2.44. The zero-order chi connectivity index (χ0) is 24.0. The fourth-order valence-corrected chi connectivity index (χ4v) is 4.79. The van der Waals surface area contributed by atoms with Gasteiger partial charge in [0.1, 0.15) is 30.1 Å². The van der Waals surface area contributed by atoms with E-state index in [1.807, 2.05) is 24.3 Å². The Kier molecular flexibility index (Phi) is 5.91. The van der Waals surface area contributed by atoms with Crippen molar-refractivity contribution < 1.29 is 38.4 Å². The van der Waals surface area contributed by atoms with Gasteiger partial charge < -0.3 is 28.8 Å². The second-order valence-corrected chi connectivity index (χ2v) is 8.97. The first kappa shape index (κ1) is 22.9. The Bertz CT molecular complexity index is 1050. The molecule has 0 radical (unpaired) electrons. The van der Waals surface area contributed by atoms with Crippen molar-refractivity contribution in [3.63, 3.8) is 0 Å². The number of benzene rings is 2. The molecule has 34 heavy (non-hydrogen) atoms. The van der Waals surface area contributed by atoms with Crippen LogP contribution in [0.1, 0.15) is 40.1 Å². The molecule has 5 rings (SSSR count). The maximum atomic E-state index is 13.3. The lowest BCUT2D eigenvalue weighted by molar-refractivity contribution is -0.263. The van der Waals surface area contributed by atoms with Gasteiger partial charge >= 0.3 is 0 Å². The van der Waals surface area contributed by atoms with E-state index in [0.29, 0.717) is 16.9 Å². The van der Waals surface area contributed by atoms with Crippen molar-refractivity contribution in [3.05, 3.63) is 65.2 Å². The summed E-state index contributed by atoms with van der Waals surface area (Å²) < 4.78 is 29.6. The van der Waals surface area contributed by atoms with Crippen LogP contribution in [-0.4, -0.2) is 72.0 Å². The highest BCUT2D eigenvalue weighted by atomic mass is 16.8. The van der Waals surface area contributed by atoms with E-state index >= 15 is 0 Å². The van der Waals surface area contributed by atoms with E-state index in [2.05, 4.69) is 0 Å². The summed E-state index contributed by atoms with van der Waals surface area (Å²) in [6, 6.07) is 13.1. The lowest BCUT2D eigenvalue weighted by Crippen LogP contribution is -2.64. The third-order valence-corrected chi connectivity index (χ3v) is 6.33. The van der Waals surface area contributed by atoms with Gasteiger partial charge in [-0.2, -0.15) is 0 Å². The van der Waals surface area contributed by atoms with E-state index in [4.69, 9.17) is 23.7 Å². The standard InChI is InChI=1S/C25H27NO8/c1-25(2)33-20-18(12-27)32-24(31-13-14-8-10-15(30-3)11-9-14)19(21(20)34-25)26-22(28)16-6-4-5-7-17(16)23(26)29/h4-11,18-21,24,27H,12-13H2,1-3H3/t18-,19-,20+,21-,24?/m1/s1. The minimum Gasteiger partial charge on any atom is -0.497 e. The Balaban J connectivity index is 1.48. The number of hydrogen-bond acceptors (Lipinski definition) is 8. The van der Waals surface area contributed by atoms with E-state index < -0.39 is 48.2 Å². The largest absolute Gasteiger partial charge is 0.497 e. The number of ether oxygens (including phenoxy) is 5. The molecule has 0 aromatic heterocycles. The topological polar surface area (TPSA) is 104 Å². The van der Waals surface area contributed by atoms with Crippen LogP contribution >= 0.6 is 0 Å². The molecule has 3 aliphatic heterocycles. The molecule has 2 saturated heterocycles. The van der Waals surface area contributed by atoms with Crippen molar-refractivity contribution in [1.82, 2.24) is 4.90 Å². The van der Waals surface area contributed by atoms with Crippen LogP contribution in [0, 0.1) is 0 Å². The second-order valence-electron chi connectivity index (χ2n) is 8.97. The smallest absolute Gasteiger partial charge is 0.262 e. The summed E-state index contributed by atoms with van der Waals surface area (Å²) in [5, 5.41) is 9.99. The van der Waals surface area contributed by atoms with E-state index in [9.17, 15) is 14.7 Å². The minimum absolute atomic E-state index is 0.147. The van der Waals surface area contributed by atoms with Crippen molar-refractivity contribution in [3.8, 4) is 5.75 Å². The van der Waals surface area contributed by atoms with E-state index in [1.165, 1.54) is 0 Å². The monoisotopic (exact) mass is 469 g/mol. The van der Waals surface area contributed by atoms with Crippen LogP contribution in [0.25, 0.3) is 0 Å². The highest BCUT2D eigenvalue weighted by Crippen LogP contribution is 2.41. The van der Waals surface area contributed by atoms with Crippen molar-refractivity contribution in [2.75, 3.05) is 13.7 Å². The van der Waals surface area contributed by atoms with Gasteiger partial charge in [0.25, 0.3) is 11.8 Å². The number of carbonyl (C=O) groups excluding carboxylic acids is 2. The molecule has 180 valence electrons. The predicted molar refractivity (Wildman–Crippen MR) is 118 cm³/mol. The summed E-state index contributed by atoms with van der Waals surface area (Å²) >= 11 is 0. The minimum atomic E-state index is -1.04. The zero-order valence-corrected chi connectivity index (χ0v) is 19.2. The molecule has 0 saturated carbocycles. The Morgan fingerprint density at radius 3 is 2.18 bits per heavy atom. The number of methoxy groups -OCH3 is 1. The molecule has 2 amide bonds. The average molecular weight is 469 g/mol. The van der Waals surface area contributed by atoms with Crippen LogP contribution in [0.2, 0.25) is 0 Å². The average Bonchev–Trinajstić information content (AvgIpc) is 3.30. The molecular formula is C25H27NO8.